The van der Waals surface area contributed by atoms with Crippen LogP contribution in [0.4, 0.5) is 4.79 Å². The lowest BCUT2D eigenvalue weighted by atomic mass is 9.95. The SMILES string of the molecule is Cc1cc(CN2CCN(C(=O)N(C)C3CCCCC3)CC2)on1. The molecule has 0 unspecified atom stereocenters. The highest BCUT2D eigenvalue weighted by Crippen LogP contribution is 2.22. The number of hydrogen-bond donors (Lipinski definition) is 0. The number of rotatable bonds is 3. The summed E-state index contributed by atoms with van der Waals surface area (Å²) in [7, 11) is 1.97. The van der Waals surface area contributed by atoms with Gasteiger partial charge in [-0.15, -0.1) is 0 Å². The lowest BCUT2D eigenvalue weighted by molar-refractivity contribution is 0.0963. The van der Waals surface area contributed by atoms with Gasteiger partial charge >= 0.3 is 6.03 Å². The number of carbonyl (C=O) groups excluding carboxylic acids is 1. The Kier molecular flexibility index (Phi) is 5.20. The first-order valence-corrected chi connectivity index (χ1v) is 8.80. The predicted octanol–water partition coefficient (Wildman–Crippen LogP) is 2.49. The Morgan fingerprint density at radius 2 is 1.96 bits per heavy atom. The van der Waals surface area contributed by atoms with Gasteiger partial charge in [-0.3, -0.25) is 4.90 Å². The van der Waals surface area contributed by atoms with Gasteiger partial charge in [-0.1, -0.05) is 24.4 Å². The zero-order chi connectivity index (χ0) is 16.2. The molecule has 0 radical (unpaired) electrons. The fourth-order valence-electron chi connectivity index (χ4n) is 3.66. The predicted molar refractivity (Wildman–Crippen MR) is 88.1 cm³/mol. The van der Waals surface area contributed by atoms with E-state index in [1.807, 2.05) is 29.8 Å². The van der Waals surface area contributed by atoms with Gasteiger partial charge in [0.05, 0.1) is 12.2 Å². The molecule has 1 aromatic rings. The minimum Gasteiger partial charge on any atom is -0.360 e. The van der Waals surface area contributed by atoms with Gasteiger partial charge in [0.1, 0.15) is 0 Å². The first-order valence-electron chi connectivity index (χ1n) is 8.80. The van der Waals surface area contributed by atoms with Crippen LogP contribution < -0.4 is 0 Å². The lowest BCUT2D eigenvalue weighted by Gasteiger charge is -2.39. The molecule has 1 aliphatic carbocycles. The number of hydrogen-bond acceptors (Lipinski definition) is 4. The maximum absolute atomic E-state index is 12.7. The van der Waals surface area contributed by atoms with E-state index in [1.54, 1.807) is 0 Å². The molecule has 0 aromatic carbocycles. The van der Waals surface area contributed by atoms with Crippen LogP contribution in [0.25, 0.3) is 0 Å². The van der Waals surface area contributed by atoms with Crippen molar-refractivity contribution in [3.05, 3.63) is 17.5 Å². The van der Waals surface area contributed by atoms with Crippen LogP contribution in [0, 0.1) is 6.92 Å². The van der Waals surface area contributed by atoms with Crippen molar-refractivity contribution >= 4 is 6.03 Å². The van der Waals surface area contributed by atoms with Gasteiger partial charge in [0.2, 0.25) is 0 Å². The number of aryl methyl sites for hydroxylation is 1. The van der Waals surface area contributed by atoms with Crippen LogP contribution in [-0.2, 0) is 6.54 Å². The molecule has 0 bridgehead atoms. The molecule has 6 nitrogen and oxygen atoms in total. The first-order chi connectivity index (χ1) is 11.1. The molecule has 2 fully saturated rings. The molecule has 2 heterocycles. The van der Waals surface area contributed by atoms with Crippen molar-refractivity contribution in [3.8, 4) is 0 Å². The highest BCUT2D eigenvalue weighted by atomic mass is 16.5. The third kappa shape index (κ3) is 4.05. The van der Waals surface area contributed by atoms with Crippen LogP contribution in [-0.4, -0.2) is 65.2 Å². The fraction of sp³-hybridized carbons (Fsp3) is 0.765. The van der Waals surface area contributed by atoms with E-state index < -0.39 is 0 Å². The number of amides is 2. The Bertz CT molecular complexity index is 516. The summed E-state index contributed by atoms with van der Waals surface area (Å²) in [4.78, 5) is 19.0. The van der Waals surface area contributed by atoms with Gasteiger partial charge in [-0.2, -0.15) is 0 Å². The van der Waals surface area contributed by atoms with Crippen LogP contribution in [0.15, 0.2) is 10.6 Å². The summed E-state index contributed by atoms with van der Waals surface area (Å²) >= 11 is 0. The topological polar surface area (TPSA) is 52.8 Å². The van der Waals surface area contributed by atoms with Gasteiger partial charge in [-0.05, 0) is 19.8 Å². The molecule has 1 saturated heterocycles. The zero-order valence-corrected chi connectivity index (χ0v) is 14.3. The van der Waals surface area contributed by atoms with Crippen LogP contribution in [0.2, 0.25) is 0 Å². The number of nitrogens with zero attached hydrogens (tertiary/aromatic N) is 4. The zero-order valence-electron chi connectivity index (χ0n) is 14.3. The lowest BCUT2D eigenvalue weighted by Crippen LogP contribution is -2.53. The van der Waals surface area contributed by atoms with Crippen molar-refractivity contribution in [1.82, 2.24) is 19.9 Å². The molecule has 1 aliphatic heterocycles. The van der Waals surface area contributed by atoms with E-state index in [1.165, 1.54) is 19.3 Å². The summed E-state index contributed by atoms with van der Waals surface area (Å²) < 4.78 is 5.28. The molecule has 0 spiro atoms. The summed E-state index contributed by atoms with van der Waals surface area (Å²) in [5.74, 6) is 0.904. The highest BCUT2D eigenvalue weighted by molar-refractivity contribution is 5.74. The summed E-state index contributed by atoms with van der Waals surface area (Å²) in [5, 5.41) is 3.93. The molecule has 0 atom stereocenters. The Hall–Kier alpha value is -1.56. The maximum Gasteiger partial charge on any atom is 0.320 e. The Morgan fingerprint density at radius 1 is 1.26 bits per heavy atom. The molecule has 2 amide bonds. The molecule has 3 rings (SSSR count). The van der Waals surface area contributed by atoms with Crippen molar-refractivity contribution in [1.29, 1.82) is 0 Å². The standard InChI is InChI=1S/C17H28N4O2/c1-14-12-16(23-18-14)13-20-8-10-21(11-9-20)17(22)19(2)15-6-4-3-5-7-15/h12,15H,3-11,13H2,1-2H3. The molecule has 1 aromatic heterocycles. The van der Waals surface area contributed by atoms with Crippen molar-refractivity contribution < 1.29 is 9.32 Å². The third-order valence-corrected chi connectivity index (χ3v) is 5.12. The minimum atomic E-state index is 0.201. The van der Waals surface area contributed by atoms with Gasteiger partial charge < -0.3 is 14.3 Å². The summed E-state index contributed by atoms with van der Waals surface area (Å²) in [6, 6.07) is 2.62. The number of piperazine rings is 1. The minimum absolute atomic E-state index is 0.201. The van der Waals surface area contributed by atoms with E-state index >= 15 is 0 Å². The maximum atomic E-state index is 12.7. The average molecular weight is 320 g/mol. The Labute approximate surface area is 138 Å². The molecular formula is C17H28N4O2. The van der Waals surface area contributed by atoms with Crippen molar-refractivity contribution in [3.63, 3.8) is 0 Å². The van der Waals surface area contributed by atoms with E-state index in [0.717, 1.165) is 57.0 Å². The molecule has 1 saturated carbocycles. The van der Waals surface area contributed by atoms with E-state index in [0.29, 0.717) is 6.04 Å². The van der Waals surface area contributed by atoms with Crippen LogP contribution in [0.5, 0.6) is 0 Å². The monoisotopic (exact) mass is 320 g/mol. The highest BCUT2D eigenvalue weighted by Gasteiger charge is 2.28. The van der Waals surface area contributed by atoms with Gasteiger partial charge in [0.25, 0.3) is 0 Å². The van der Waals surface area contributed by atoms with E-state index in [4.69, 9.17) is 4.52 Å². The van der Waals surface area contributed by atoms with E-state index in [-0.39, 0.29) is 6.03 Å². The van der Waals surface area contributed by atoms with Crippen molar-refractivity contribution in [2.75, 3.05) is 33.2 Å². The summed E-state index contributed by atoms with van der Waals surface area (Å²) in [6.45, 7) is 6.09. The van der Waals surface area contributed by atoms with Crippen LogP contribution in [0.3, 0.4) is 0 Å². The summed E-state index contributed by atoms with van der Waals surface area (Å²) in [6.07, 6.45) is 6.15. The van der Waals surface area contributed by atoms with Gasteiger partial charge in [0, 0.05) is 45.3 Å². The second-order valence-electron chi connectivity index (χ2n) is 6.88. The summed E-state index contributed by atoms with van der Waals surface area (Å²) in [5.41, 5.74) is 0.919. The Morgan fingerprint density at radius 3 is 2.57 bits per heavy atom. The normalized spacial score (nSPS) is 20.7. The first kappa shape index (κ1) is 16.3. The van der Waals surface area contributed by atoms with Crippen molar-refractivity contribution in [2.45, 2.75) is 51.6 Å². The van der Waals surface area contributed by atoms with E-state index in [2.05, 4.69) is 10.1 Å². The quantitative estimate of drug-likeness (QED) is 0.858. The number of urea groups is 1. The molecule has 128 valence electrons. The fourth-order valence-corrected chi connectivity index (χ4v) is 3.66. The molecule has 6 heteroatoms. The Balaban J connectivity index is 1.47. The third-order valence-electron chi connectivity index (χ3n) is 5.12. The number of aromatic nitrogens is 1. The molecule has 2 aliphatic rings. The largest absolute Gasteiger partial charge is 0.360 e. The van der Waals surface area contributed by atoms with Crippen LogP contribution >= 0.6 is 0 Å². The van der Waals surface area contributed by atoms with Gasteiger partial charge in [-0.25, -0.2) is 4.79 Å². The number of carbonyl (C=O) groups is 1. The van der Waals surface area contributed by atoms with Crippen LogP contribution in [0.1, 0.15) is 43.6 Å². The second kappa shape index (κ2) is 7.34. The van der Waals surface area contributed by atoms with Gasteiger partial charge in [0.15, 0.2) is 5.76 Å². The second-order valence-corrected chi connectivity index (χ2v) is 6.88. The molecular weight excluding hydrogens is 292 g/mol. The smallest absolute Gasteiger partial charge is 0.320 e. The van der Waals surface area contributed by atoms with Crippen molar-refractivity contribution in [2.24, 2.45) is 0 Å². The molecule has 23 heavy (non-hydrogen) atoms. The average Bonchev–Trinajstić information content (AvgIpc) is 3.00. The molecule has 0 N–H and O–H groups in total. The van der Waals surface area contributed by atoms with E-state index in [9.17, 15) is 4.79 Å².